The molecule has 4 nitrogen and oxygen atoms in total. The average Bonchev–Trinajstić information content (AvgIpc) is 2.38. The fourth-order valence-electron chi connectivity index (χ4n) is 1.71. The highest BCUT2D eigenvalue weighted by Crippen LogP contribution is 2.31. The second-order valence-electron chi connectivity index (χ2n) is 3.93. The van der Waals surface area contributed by atoms with Crippen LogP contribution in [0, 0.1) is 11.3 Å². The van der Waals surface area contributed by atoms with Crippen LogP contribution in [-0.4, -0.2) is 13.4 Å². The van der Waals surface area contributed by atoms with Crippen molar-refractivity contribution in [3.8, 4) is 6.07 Å². The molecule has 0 bridgehead atoms. The van der Waals surface area contributed by atoms with Gasteiger partial charge in [0.2, 0.25) is 0 Å². The Kier molecular flexibility index (Phi) is 4.29. The molecule has 0 amide bonds. The van der Waals surface area contributed by atoms with E-state index in [1.165, 1.54) is 24.4 Å². The highest BCUT2D eigenvalue weighted by molar-refractivity contribution is 7.90. The van der Waals surface area contributed by atoms with Gasteiger partial charge in [0.1, 0.15) is 16.7 Å². The van der Waals surface area contributed by atoms with Crippen molar-refractivity contribution in [3.63, 3.8) is 0 Å². The first kappa shape index (κ1) is 14.8. The number of sulfone groups is 1. The van der Waals surface area contributed by atoms with Crippen molar-refractivity contribution in [2.75, 3.05) is 0 Å². The van der Waals surface area contributed by atoms with Gasteiger partial charge in [-0.3, -0.25) is 0 Å². The summed E-state index contributed by atoms with van der Waals surface area (Å²) in [5.41, 5.74) is 0.380. The number of nitrogens with zero attached hydrogens (tertiary/aromatic N) is 2. The molecule has 0 radical (unpaired) electrons. The number of rotatable bonds is 3. The Morgan fingerprint density at radius 1 is 1.15 bits per heavy atom. The number of hydrogen-bond acceptors (Lipinski definition) is 4. The molecule has 1 heterocycles. The molecule has 0 aliphatic carbocycles. The summed E-state index contributed by atoms with van der Waals surface area (Å²) in [5, 5.41) is 9.05. The lowest BCUT2D eigenvalue weighted by atomic mass is 10.2. The molecule has 7 heteroatoms. The van der Waals surface area contributed by atoms with E-state index in [1.807, 2.05) is 6.07 Å². The monoisotopic (exact) mass is 326 g/mol. The van der Waals surface area contributed by atoms with Gasteiger partial charge in [0, 0.05) is 11.8 Å². The summed E-state index contributed by atoms with van der Waals surface area (Å²) in [7, 11) is -3.76. The number of nitriles is 1. The highest BCUT2D eigenvalue weighted by Gasteiger charge is 2.23. The molecule has 0 spiro atoms. The maximum Gasteiger partial charge on any atom is 0.185 e. The van der Waals surface area contributed by atoms with Crippen LogP contribution in [0.15, 0.2) is 41.4 Å². The molecule has 0 atom stereocenters. The molecular formula is C13H8Cl2N2O2S. The van der Waals surface area contributed by atoms with E-state index < -0.39 is 9.84 Å². The van der Waals surface area contributed by atoms with E-state index in [2.05, 4.69) is 4.98 Å². The molecule has 0 saturated heterocycles. The van der Waals surface area contributed by atoms with E-state index in [1.54, 1.807) is 12.1 Å². The zero-order chi connectivity index (χ0) is 14.8. The van der Waals surface area contributed by atoms with E-state index in [9.17, 15) is 8.42 Å². The summed E-state index contributed by atoms with van der Waals surface area (Å²) in [5.74, 6) is -0.382. The molecule has 20 heavy (non-hydrogen) atoms. The molecule has 102 valence electrons. The molecule has 0 aliphatic heterocycles. The topological polar surface area (TPSA) is 70.8 Å². The maximum absolute atomic E-state index is 12.4. The number of pyridine rings is 1. The predicted molar refractivity (Wildman–Crippen MR) is 76.3 cm³/mol. The number of hydrogen-bond donors (Lipinski definition) is 0. The quantitative estimate of drug-likeness (QED) is 0.868. The minimum Gasteiger partial charge on any atom is -0.245 e. The molecule has 1 aromatic carbocycles. The first-order chi connectivity index (χ1) is 9.45. The van der Waals surface area contributed by atoms with Crippen molar-refractivity contribution in [3.05, 3.63) is 57.8 Å². The van der Waals surface area contributed by atoms with Crippen molar-refractivity contribution in [1.29, 1.82) is 5.26 Å². The molecule has 0 aliphatic rings. The minimum atomic E-state index is -3.76. The van der Waals surface area contributed by atoms with Gasteiger partial charge in [-0.05, 0) is 18.2 Å². The summed E-state index contributed by atoms with van der Waals surface area (Å²) < 4.78 is 24.8. The van der Waals surface area contributed by atoms with E-state index in [0.717, 1.165) is 0 Å². The Labute approximate surface area is 126 Å². The summed E-state index contributed by atoms with van der Waals surface area (Å²) in [6, 6.07) is 9.43. The zero-order valence-electron chi connectivity index (χ0n) is 10.0. The van der Waals surface area contributed by atoms with Crippen LogP contribution in [0.1, 0.15) is 11.3 Å². The molecule has 2 aromatic rings. The molecule has 0 saturated carbocycles. The van der Waals surface area contributed by atoms with Crippen LogP contribution in [0.25, 0.3) is 0 Å². The largest absolute Gasteiger partial charge is 0.245 e. The molecular weight excluding hydrogens is 319 g/mol. The summed E-state index contributed by atoms with van der Waals surface area (Å²) >= 11 is 11.8. The van der Waals surface area contributed by atoms with Crippen molar-refractivity contribution < 1.29 is 8.42 Å². The van der Waals surface area contributed by atoms with Crippen molar-refractivity contribution in [2.45, 2.75) is 10.6 Å². The second-order valence-corrected chi connectivity index (χ2v) is 6.67. The zero-order valence-corrected chi connectivity index (χ0v) is 12.4. The Bertz CT molecular complexity index is 778. The average molecular weight is 327 g/mol. The Balaban J connectivity index is 2.50. The molecule has 0 unspecified atom stereocenters. The van der Waals surface area contributed by atoms with Crippen LogP contribution < -0.4 is 0 Å². The fraction of sp³-hybridized carbons (Fsp3) is 0.0769. The smallest absolute Gasteiger partial charge is 0.185 e. The number of halogens is 2. The Hall–Kier alpha value is -1.61. The van der Waals surface area contributed by atoms with Gasteiger partial charge in [-0.15, -0.1) is 0 Å². The van der Waals surface area contributed by atoms with Crippen LogP contribution in [0.4, 0.5) is 0 Å². The predicted octanol–water partition coefficient (Wildman–Crippen LogP) is 3.23. The lowest BCUT2D eigenvalue weighted by Crippen LogP contribution is -2.08. The van der Waals surface area contributed by atoms with Crippen LogP contribution in [0.5, 0.6) is 0 Å². The van der Waals surface area contributed by atoms with E-state index >= 15 is 0 Å². The molecule has 0 fully saturated rings. The van der Waals surface area contributed by atoms with Gasteiger partial charge in [-0.25, -0.2) is 13.4 Å². The van der Waals surface area contributed by atoms with Crippen molar-refractivity contribution in [1.82, 2.24) is 4.98 Å². The second kappa shape index (κ2) is 5.80. The van der Waals surface area contributed by atoms with E-state index in [-0.39, 0.29) is 26.4 Å². The summed E-state index contributed by atoms with van der Waals surface area (Å²) in [4.78, 5) is 3.70. The Morgan fingerprint density at radius 3 is 2.40 bits per heavy atom. The van der Waals surface area contributed by atoms with Gasteiger partial charge >= 0.3 is 0 Å². The fourth-order valence-corrected chi connectivity index (χ4v) is 4.33. The first-order valence-corrected chi connectivity index (χ1v) is 7.87. The van der Waals surface area contributed by atoms with Gasteiger partial charge in [0.15, 0.2) is 9.84 Å². The van der Waals surface area contributed by atoms with Gasteiger partial charge in [0.25, 0.3) is 0 Å². The first-order valence-electron chi connectivity index (χ1n) is 5.46. The van der Waals surface area contributed by atoms with Crippen molar-refractivity contribution in [2.24, 2.45) is 0 Å². The highest BCUT2D eigenvalue weighted by atomic mass is 35.5. The van der Waals surface area contributed by atoms with Gasteiger partial charge in [-0.2, -0.15) is 5.26 Å². The SMILES string of the molecule is N#Cc1ncccc1CS(=O)(=O)c1c(Cl)cccc1Cl. The third-order valence-corrected chi connectivity index (χ3v) is 5.18. The minimum absolute atomic E-state index is 0.0555. The van der Waals surface area contributed by atoms with Crippen LogP contribution in [0.2, 0.25) is 10.0 Å². The molecule has 2 rings (SSSR count). The Morgan fingerprint density at radius 2 is 1.80 bits per heavy atom. The third-order valence-electron chi connectivity index (χ3n) is 2.57. The molecule has 0 N–H and O–H groups in total. The maximum atomic E-state index is 12.4. The van der Waals surface area contributed by atoms with Gasteiger partial charge in [-0.1, -0.05) is 35.3 Å². The number of aromatic nitrogens is 1. The summed E-state index contributed by atoms with van der Waals surface area (Å²) in [6.07, 6.45) is 1.43. The van der Waals surface area contributed by atoms with E-state index in [4.69, 9.17) is 28.5 Å². The summed E-state index contributed by atoms with van der Waals surface area (Å²) in [6.45, 7) is 0. The van der Waals surface area contributed by atoms with Crippen LogP contribution in [0.3, 0.4) is 0 Å². The number of benzene rings is 1. The standard InChI is InChI=1S/C13H8Cl2N2O2S/c14-10-4-1-5-11(15)13(10)20(18,19)8-9-3-2-6-17-12(9)7-16/h1-6H,8H2. The van der Waals surface area contributed by atoms with E-state index in [0.29, 0.717) is 5.56 Å². The normalized spacial score (nSPS) is 11.1. The van der Waals surface area contributed by atoms with Gasteiger partial charge in [0.05, 0.1) is 15.8 Å². The lowest BCUT2D eigenvalue weighted by molar-refractivity contribution is 0.595. The third kappa shape index (κ3) is 2.93. The molecule has 1 aromatic heterocycles. The van der Waals surface area contributed by atoms with Crippen LogP contribution >= 0.6 is 23.2 Å². The van der Waals surface area contributed by atoms with Gasteiger partial charge < -0.3 is 0 Å². The van der Waals surface area contributed by atoms with Crippen molar-refractivity contribution >= 4 is 33.0 Å². The lowest BCUT2D eigenvalue weighted by Gasteiger charge is -2.09. The van der Waals surface area contributed by atoms with Crippen LogP contribution in [-0.2, 0) is 15.6 Å².